The van der Waals surface area contributed by atoms with Gasteiger partial charge in [-0.1, -0.05) is 0 Å². The highest BCUT2D eigenvalue weighted by Gasteiger charge is 2.22. The number of hydrogen-bond acceptors (Lipinski definition) is 5. The number of hydrogen-bond donors (Lipinski definition) is 0. The minimum absolute atomic E-state index is 0.162. The van der Waals surface area contributed by atoms with Crippen molar-refractivity contribution >= 4 is 5.97 Å². The number of nitrogens with zero attached hydrogens (tertiary/aromatic N) is 3. The van der Waals surface area contributed by atoms with E-state index in [1.165, 1.54) is 6.39 Å². The second kappa shape index (κ2) is 5.03. The molecule has 2 rings (SSSR count). The summed E-state index contributed by atoms with van der Waals surface area (Å²) in [7, 11) is 0. The van der Waals surface area contributed by atoms with Gasteiger partial charge in [-0.05, 0) is 26.8 Å². The fourth-order valence-corrected chi connectivity index (χ4v) is 1.68. The third kappa shape index (κ3) is 2.13. The summed E-state index contributed by atoms with van der Waals surface area (Å²) in [5, 5.41) is 4.19. The van der Waals surface area contributed by atoms with Gasteiger partial charge in [-0.2, -0.15) is 5.10 Å². The van der Waals surface area contributed by atoms with E-state index in [1.807, 2.05) is 13.8 Å². The van der Waals surface area contributed by atoms with Crippen LogP contribution < -0.4 is 0 Å². The van der Waals surface area contributed by atoms with Gasteiger partial charge >= 0.3 is 5.97 Å². The first-order valence-corrected chi connectivity index (χ1v) is 5.79. The number of esters is 1. The van der Waals surface area contributed by atoms with Crippen molar-refractivity contribution in [1.82, 2.24) is 14.8 Å². The van der Waals surface area contributed by atoms with E-state index in [-0.39, 0.29) is 11.7 Å². The van der Waals surface area contributed by atoms with Crippen LogP contribution in [-0.2, 0) is 4.74 Å². The van der Waals surface area contributed by atoms with Gasteiger partial charge in [0, 0.05) is 12.2 Å². The Morgan fingerprint density at radius 2 is 2.33 bits per heavy atom. The van der Waals surface area contributed by atoms with Gasteiger partial charge in [0.1, 0.15) is 5.69 Å². The highest BCUT2D eigenvalue weighted by molar-refractivity contribution is 5.93. The minimum Gasteiger partial charge on any atom is -0.461 e. The van der Waals surface area contributed by atoms with Crippen LogP contribution in [0.15, 0.2) is 23.1 Å². The van der Waals surface area contributed by atoms with E-state index < -0.39 is 5.97 Å². The molecule has 0 aliphatic rings. The van der Waals surface area contributed by atoms with Gasteiger partial charge in [-0.3, -0.25) is 4.68 Å². The molecule has 0 unspecified atom stereocenters. The van der Waals surface area contributed by atoms with Crippen LogP contribution in [-0.4, -0.2) is 27.3 Å². The fourth-order valence-electron chi connectivity index (χ4n) is 1.68. The van der Waals surface area contributed by atoms with E-state index in [0.29, 0.717) is 18.1 Å². The summed E-state index contributed by atoms with van der Waals surface area (Å²) in [5.41, 5.74) is 0.893. The summed E-state index contributed by atoms with van der Waals surface area (Å²) in [4.78, 5) is 15.6. The predicted molar refractivity (Wildman–Crippen MR) is 64.1 cm³/mol. The summed E-state index contributed by atoms with van der Waals surface area (Å²) in [5.74, 6) is -0.0996. The first-order chi connectivity index (χ1) is 8.65. The summed E-state index contributed by atoms with van der Waals surface area (Å²) >= 11 is 0. The van der Waals surface area contributed by atoms with Crippen molar-refractivity contribution in [2.75, 3.05) is 6.61 Å². The zero-order valence-electron chi connectivity index (χ0n) is 10.6. The van der Waals surface area contributed by atoms with Crippen LogP contribution in [0, 0.1) is 0 Å². The van der Waals surface area contributed by atoms with Crippen LogP contribution in [0.25, 0.3) is 11.5 Å². The molecule has 2 aromatic heterocycles. The van der Waals surface area contributed by atoms with Gasteiger partial charge in [0.25, 0.3) is 0 Å². The van der Waals surface area contributed by atoms with Crippen molar-refractivity contribution in [3.63, 3.8) is 0 Å². The molecule has 0 fully saturated rings. The molecule has 0 radical (unpaired) electrons. The number of oxazole rings is 1. The van der Waals surface area contributed by atoms with Crippen LogP contribution in [0.4, 0.5) is 0 Å². The van der Waals surface area contributed by atoms with Crippen LogP contribution in [0.3, 0.4) is 0 Å². The van der Waals surface area contributed by atoms with Gasteiger partial charge in [-0.25, -0.2) is 9.78 Å². The molecule has 96 valence electrons. The number of carbonyl (C=O) groups is 1. The summed E-state index contributed by atoms with van der Waals surface area (Å²) in [6, 6.07) is 1.94. The molecule has 6 heteroatoms. The first-order valence-electron chi connectivity index (χ1n) is 5.79. The highest BCUT2D eigenvalue weighted by atomic mass is 16.5. The lowest BCUT2D eigenvalue weighted by atomic mass is 10.2. The molecular weight excluding hydrogens is 234 g/mol. The standard InChI is InChI=1S/C12H15N3O3/c1-4-17-12(16)10-11(18-7-13-10)9-5-6-14-15(9)8(2)3/h5-8H,4H2,1-3H3. The second-order valence-electron chi connectivity index (χ2n) is 4.01. The molecule has 0 aromatic carbocycles. The molecule has 0 N–H and O–H groups in total. The molecule has 2 aromatic rings. The van der Waals surface area contributed by atoms with Gasteiger partial charge < -0.3 is 9.15 Å². The average molecular weight is 249 g/mol. The van der Waals surface area contributed by atoms with Crippen molar-refractivity contribution in [2.24, 2.45) is 0 Å². The Hall–Kier alpha value is -2.11. The number of ether oxygens (including phenoxy) is 1. The zero-order valence-corrected chi connectivity index (χ0v) is 10.6. The molecular formula is C12H15N3O3. The van der Waals surface area contributed by atoms with Gasteiger partial charge in [0.05, 0.1) is 6.61 Å². The van der Waals surface area contributed by atoms with Crippen LogP contribution in [0.2, 0.25) is 0 Å². The molecule has 0 aliphatic carbocycles. The van der Waals surface area contributed by atoms with Crippen LogP contribution in [0.1, 0.15) is 37.3 Å². The summed E-state index contributed by atoms with van der Waals surface area (Å²) in [6.07, 6.45) is 2.89. The van der Waals surface area contributed by atoms with E-state index in [9.17, 15) is 4.79 Å². The maximum Gasteiger partial charge on any atom is 0.361 e. The lowest BCUT2D eigenvalue weighted by Gasteiger charge is -2.09. The number of rotatable bonds is 4. The largest absolute Gasteiger partial charge is 0.461 e. The molecule has 0 atom stereocenters. The topological polar surface area (TPSA) is 70.2 Å². The smallest absolute Gasteiger partial charge is 0.361 e. The third-order valence-electron chi connectivity index (χ3n) is 2.43. The molecule has 0 bridgehead atoms. The van der Waals surface area contributed by atoms with Crippen molar-refractivity contribution < 1.29 is 13.9 Å². The lowest BCUT2D eigenvalue weighted by molar-refractivity contribution is 0.0520. The van der Waals surface area contributed by atoms with Crippen LogP contribution in [0.5, 0.6) is 0 Å². The highest BCUT2D eigenvalue weighted by Crippen LogP contribution is 2.25. The zero-order chi connectivity index (χ0) is 13.1. The SMILES string of the molecule is CCOC(=O)c1ncoc1-c1ccnn1C(C)C. The molecule has 2 heterocycles. The predicted octanol–water partition coefficient (Wildman–Crippen LogP) is 2.30. The molecule has 0 aliphatic heterocycles. The average Bonchev–Trinajstić information content (AvgIpc) is 2.97. The van der Waals surface area contributed by atoms with Crippen molar-refractivity contribution in [3.8, 4) is 11.5 Å². The van der Waals surface area contributed by atoms with E-state index in [0.717, 1.165) is 0 Å². The maximum absolute atomic E-state index is 11.7. The van der Waals surface area contributed by atoms with E-state index in [2.05, 4.69) is 10.1 Å². The quantitative estimate of drug-likeness (QED) is 0.777. The molecule has 0 saturated heterocycles. The third-order valence-corrected chi connectivity index (χ3v) is 2.43. The van der Waals surface area contributed by atoms with E-state index in [4.69, 9.17) is 9.15 Å². The van der Waals surface area contributed by atoms with Crippen LogP contribution >= 0.6 is 0 Å². The molecule has 0 saturated carbocycles. The van der Waals surface area contributed by atoms with Crippen molar-refractivity contribution in [1.29, 1.82) is 0 Å². The summed E-state index contributed by atoms with van der Waals surface area (Å²) in [6.45, 7) is 6.04. The van der Waals surface area contributed by atoms with Gasteiger partial charge in [0.15, 0.2) is 17.8 Å². The monoisotopic (exact) mass is 249 g/mol. The molecule has 0 amide bonds. The molecule has 6 nitrogen and oxygen atoms in total. The Bertz CT molecular complexity index is 542. The maximum atomic E-state index is 11.7. The minimum atomic E-state index is -0.488. The van der Waals surface area contributed by atoms with Gasteiger partial charge in [-0.15, -0.1) is 0 Å². The normalized spacial score (nSPS) is 10.9. The number of aromatic nitrogens is 3. The van der Waals surface area contributed by atoms with Crippen molar-refractivity contribution in [2.45, 2.75) is 26.8 Å². The Morgan fingerprint density at radius 3 is 3.00 bits per heavy atom. The van der Waals surface area contributed by atoms with E-state index >= 15 is 0 Å². The Morgan fingerprint density at radius 1 is 1.56 bits per heavy atom. The van der Waals surface area contributed by atoms with Crippen molar-refractivity contribution in [3.05, 3.63) is 24.4 Å². The van der Waals surface area contributed by atoms with Gasteiger partial charge in [0.2, 0.25) is 0 Å². The lowest BCUT2D eigenvalue weighted by Crippen LogP contribution is -2.09. The summed E-state index contributed by atoms with van der Waals surface area (Å²) < 4.78 is 12.0. The number of carbonyl (C=O) groups excluding carboxylic acids is 1. The Balaban J connectivity index is 2.42. The Labute approximate surface area is 105 Å². The first kappa shape index (κ1) is 12.3. The molecule has 0 spiro atoms. The second-order valence-corrected chi connectivity index (χ2v) is 4.01. The van der Waals surface area contributed by atoms with E-state index in [1.54, 1.807) is 23.9 Å². The fraction of sp³-hybridized carbons (Fsp3) is 0.417. The Kier molecular flexibility index (Phi) is 3.45. The molecule has 18 heavy (non-hydrogen) atoms.